The molecule has 0 aliphatic rings. The van der Waals surface area contributed by atoms with Gasteiger partial charge in [0, 0.05) is 0 Å². The maximum atomic E-state index is 13.9. The van der Waals surface area contributed by atoms with Crippen LogP contribution in [0.15, 0.2) is 91.0 Å². The number of Topliss-reactive ketones (excluding diaryl/α,β-unsaturated/α-hetero) is 2. The zero-order valence-corrected chi connectivity index (χ0v) is 19.1. The molecule has 0 bridgehead atoms. The molecule has 0 saturated carbocycles. The van der Waals surface area contributed by atoms with Crippen molar-refractivity contribution in [2.45, 2.75) is 11.4 Å². The van der Waals surface area contributed by atoms with Gasteiger partial charge in [-0.3, -0.25) is 0 Å². The molecule has 0 amide bonds. The van der Waals surface area contributed by atoms with Crippen LogP contribution >= 0.6 is 7.26 Å². The molecule has 161 valence electrons. The summed E-state index contributed by atoms with van der Waals surface area (Å²) in [5, 5.41) is 11.4. The number of benzene rings is 3. The van der Waals surface area contributed by atoms with E-state index < -0.39 is 48.3 Å². The van der Waals surface area contributed by atoms with Crippen LogP contribution in [0.25, 0.3) is 0 Å². The number of carboxylic acid groups (broad SMARTS) is 1. The van der Waals surface area contributed by atoms with Gasteiger partial charge in [-0.05, 0) is 0 Å². The van der Waals surface area contributed by atoms with Gasteiger partial charge in [-0.25, -0.2) is 0 Å². The average Bonchev–Trinajstić information content (AvgIpc) is 2.80. The molecule has 1 N–H and O–H groups in total. The van der Waals surface area contributed by atoms with Crippen LogP contribution < -0.4 is 15.9 Å². The first kappa shape index (κ1) is 22.9. The van der Waals surface area contributed by atoms with Gasteiger partial charge in [0.25, 0.3) is 0 Å². The number of aliphatic carboxylic acids is 1. The molecule has 31 heavy (non-hydrogen) atoms. The Balaban J connectivity index is 2.06. The standard InChI is InChI=1S/C19H16OP.C5H5O4.Rh/c20-16-21(17-10-4-1-5-11-17,18-12-6-2-7-13-18)19-14-8-3-9-15-19;1-3(6)2-4(7)5(8)9;/h1-15,21H;1-2H2,(H,8,9);. The summed E-state index contributed by atoms with van der Waals surface area (Å²) in [7, 11) is -3.12. The Morgan fingerprint density at radius 3 is 1.42 bits per heavy atom. The van der Waals surface area contributed by atoms with Gasteiger partial charge in [0.15, 0.2) is 0 Å². The molecular formula is C24H21O5PRh. The summed E-state index contributed by atoms with van der Waals surface area (Å²) in [6.45, 7) is 0. The molecule has 5 nitrogen and oxygen atoms in total. The van der Waals surface area contributed by atoms with Crippen molar-refractivity contribution in [3.05, 3.63) is 91.0 Å². The molecule has 0 unspecified atom stereocenters. The van der Waals surface area contributed by atoms with Crippen molar-refractivity contribution in [3.8, 4) is 0 Å². The molecule has 0 aliphatic carbocycles. The minimum absolute atomic E-state index is 0.00724. The fourth-order valence-electron chi connectivity index (χ4n) is 3.39. The van der Waals surface area contributed by atoms with E-state index in [4.69, 9.17) is 5.11 Å². The topological polar surface area (TPSA) is 88.5 Å². The van der Waals surface area contributed by atoms with Crippen LogP contribution in [0.1, 0.15) is 6.42 Å². The van der Waals surface area contributed by atoms with Crippen LogP contribution in [0.3, 0.4) is 0 Å². The third-order valence-electron chi connectivity index (χ3n) is 4.79. The van der Waals surface area contributed by atoms with Gasteiger partial charge in [0.05, 0.1) is 0 Å². The summed E-state index contributed by atoms with van der Waals surface area (Å²) in [5.41, 5.74) is 0. The summed E-state index contributed by atoms with van der Waals surface area (Å²) in [6.07, 6.45) is -0.678. The summed E-state index contributed by atoms with van der Waals surface area (Å²) in [5.74, 6) is -3.29. The number of hydrogen-bond acceptors (Lipinski definition) is 4. The van der Waals surface area contributed by atoms with E-state index in [1.165, 1.54) is 0 Å². The van der Waals surface area contributed by atoms with Crippen LogP contribution in [0.5, 0.6) is 0 Å². The monoisotopic (exact) mass is 523 g/mol. The van der Waals surface area contributed by atoms with Gasteiger partial charge < -0.3 is 0 Å². The summed E-state index contributed by atoms with van der Waals surface area (Å²) < 4.78 is 0.00724. The molecular weight excluding hydrogens is 502 g/mol. The molecule has 3 rings (SSSR count). The molecule has 0 saturated heterocycles. The zero-order valence-electron chi connectivity index (χ0n) is 16.5. The van der Waals surface area contributed by atoms with E-state index in [0.717, 1.165) is 15.9 Å². The number of carbonyl (C=O) groups is 4. The Kier molecular flexibility index (Phi) is 7.73. The zero-order chi connectivity index (χ0) is 22.3. The van der Waals surface area contributed by atoms with Crippen LogP contribution in [-0.4, -0.2) is 26.8 Å². The fraction of sp³-hybridized carbons (Fsp3) is 0.0833. The maximum absolute atomic E-state index is 13.9. The molecule has 0 spiro atoms. The van der Waals surface area contributed by atoms with E-state index >= 15 is 0 Å². The molecule has 0 aromatic heterocycles. The number of carboxylic acids is 1. The van der Waals surface area contributed by atoms with Crippen molar-refractivity contribution >= 4 is 44.8 Å². The van der Waals surface area contributed by atoms with Gasteiger partial charge in [-0.2, -0.15) is 0 Å². The molecule has 0 heterocycles. The predicted molar refractivity (Wildman–Crippen MR) is 119 cm³/mol. The van der Waals surface area contributed by atoms with Crippen molar-refractivity contribution in [3.63, 3.8) is 0 Å². The van der Waals surface area contributed by atoms with Crippen LogP contribution in [0, 0.1) is 0 Å². The normalized spacial score (nSPS) is 11.6. The van der Waals surface area contributed by atoms with Crippen LogP contribution in [-0.2, 0) is 31.5 Å². The van der Waals surface area contributed by atoms with E-state index in [1.54, 1.807) is 0 Å². The van der Waals surface area contributed by atoms with Crippen molar-refractivity contribution in [2.75, 3.05) is 0 Å². The van der Waals surface area contributed by atoms with Crippen molar-refractivity contribution in [2.24, 2.45) is 0 Å². The number of hydrogen-bond donors (Lipinski definition) is 1. The predicted octanol–water partition coefficient (Wildman–Crippen LogP) is 2.95. The van der Waals surface area contributed by atoms with E-state index in [9.17, 15) is 19.2 Å². The quantitative estimate of drug-likeness (QED) is 0.191. The van der Waals surface area contributed by atoms with E-state index in [1.807, 2.05) is 91.0 Å². The Morgan fingerprint density at radius 1 is 0.677 bits per heavy atom. The first-order valence-corrected chi connectivity index (χ1v) is 13.5. The number of rotatable bonds is 10. The molecule has 0 atom stereocenters. The van der Waals surface area contributed by atoms with Gasteiger partial charge >= 0.3 is 189 Å². The summed E-state index contributed by atoms with van der Waals surface area (Å²) >= 11 is -0.829. The van der Waals surface area contributed by atoms with Crippen LogP contribution in [0.2, 0.25) is 5.02 Å². The molecule has 0 aliphatic heterocycles. The van der Waals surface area contributed by atoms with Gasteiger partial charge in [0.2, 0.25) is 0 Å². The van der Waals surface area contributed by atoms with Crippen LogP contribution in [0.4, 0.5) is 4.79 Å². The molecule has 0 radical (unpaired) electrons. The SMILES string of the molecule is O=C([CH2][Rh][C](=O)[PH](c1ccccc1)(c1ccccc1)c1ccccc1)CC(=O)C(=O)O. The molecule has 3 aromatic carbocycles. The first-order chi connectivity index (χ1) is 15.0. The van der Waals surface area contributed by atoms with Crippen molar-refractivity contribution in [1.82, 2.24) is 0 Å². The van der Waals surface area contributed by atoms with Crippen molar-refractivity contribution in [1.29, 1.82) is 0 Å². The van der Waals surface area contributed by atoms with Gasteiger partial charge in [0.1, 0.15) is 0 Å². The average molecular weight is 523 g/mol. The fourth-order valence-corrected chi connectivity index (χ4v) is 11.9. The second-order valence-corrected chi connectivity index (χ2v) is 13.1. The second-order valence-electron chi connectivity index (χ2n) is 6.78. The van der Waals surface area contributed by atoms with Gasteiger partial charge in [-0.15, -0.1) is 0 Å². The summed E-state index contributed by atoms with van der Waals surface area (Å²) in [6, 6.07) is 28.9. The second kappa shape index (κ2) is 10.5. The first-order valence-electron chi connectivity index (χ1n) is 9.49. The van der Waals surface area contributed by atoms with Gasteiger partial charge in [-0.1, -0.05) is 0 Å². The molecule has 0 fully saturated rings. The Morgan fingerprint density at radius 2 is 1.06 bits per heavy atom. The summed E-state index contributed by atoms with van der Waals surface area (Å²) in [4.78, 5) is 48.2. The Bertz CT molecular complexity index is 988. The van der Waals surface area contributed by atoms with E-state index in [2.05, 4.69) is 0 Å². The molecule has 3 aromatic rings. The minimum atomic E-state index is -3.12. The third kappa shape index (κ3) is 5.10. The Hall–Kier alpha value is -2.81. The van der Waals surface area contributed by atoms with E-state index in [0.29, 0.717) is 0 Å². The number of carbonyl (C=O) groups excluding carboxylic acids is 3. The van der Waals surface area contributed by atoms with Crippen molar-refractivity contribution < 1.29 is 41.4 Å². The number of ketones is 2. The van der Waals surface area contributed by atoms with E-state index in [-0.39, 0.29) is 9.13 Å². The molecule has 7 heteroatoms. The third-order valence-corrected chi connectivity index (χ3v) is 12.9. The Labute approximate surface area is 188 Å².